The molecule has 0 saturated heterocycles. The van der Waals surface area contributed by atoms with Crippen LogP contribution in [0.15, 0.2) is 42.5 Å². The molecule has 3 aromatic rings. The number of nitrogens with zero attached hydrogens (tertiary/aromatic N) is 4. The Bertz CT molecular complexity index is 1120. The van der Waals surface area contributed by atoms with Crippen molar-refractivity contribution >= 4 is 44.4 Å². The maximum absolute atomic E-state index is 13.2. The first-order valence-corrected chi connectivity index (χ1v) is 11.1. The summed E-state index contributed by atoms with van der Waals surface area (Å²) in [7, 11) is 7.13. The predicted molar refractivity (Wildman–Crippen MR) is 130 cm³/mol. The van der Waals surface area contributed by atoms with Crippen LogP contribution >= 0.6 is 11.3 Å². The van der Waals surface area contributed by atoms with E-state index in [0.29, 0.717) is 34.3 Å². The normalized spacial score (nSPS) is 11.3. The monoisotopic (exact) mass is 470 g/mol. The van der Waals surface area contributed by atoms with Crippen molar-refractivity contribution in [2.45, 2.75) is 6.42 Å². The van der Waals surface area contributed by atoms with Gasteiger partial charge in [-0.25, -0.2) is 4.98 Å². The van der Waals surface area contributed by atoms with Gasteiger partial charge in [-0.1, -0.05) is 11.3 Å². The number of benzene rings is 2. The van der Waals surface area contributed by atoms with Crippen LogP contribution in [0, 0.1) is 10.1 Å². The fourth-order valence-corrected chi connectivity index (χ4v) is 4.31. The second-order valence-electron chi connectivity index (χ2n) is 7.47. The van der Waals surface area contributed by atoms with E-state index in [4.69, 9.17) is 14.5 Å². The molecule has 0 radical (unpaired) electrons. The highest BCUT2D eigenvalue weighted by Crippen LogP contribution is 2.40. The lowest BCUT2D eigenvalue weighted by Gasteiger charge is -2.19. The van der Waals surface area contributed by atoms with E-state index >= 15 is 0 Å². The van der Waals surface area contributed by atoms with E-state index in [9.17, 15) is 14.9 Å². The first-order valence-electron chi connectivity index (χ1n) is 10.2. The van der Waals surface area contributed by atoms with Crippen LogP contribution in [0.1, 0.15) is 12.0 Å². The largest absolute Gasteiger partial charge is 0.495 e. The molecule has 0 spiro atoms. The number of carbonyl (C=O) groups is 1. The second-order valence-corrected chi connectivity index (χ2v) is 8.45. The number of non-ortho nitro benzene ring substituents is 1. The smallest absolute Gasteiger partial charge is 0.269 e. The number of rotatable bonds is 10. The number of hydrogen-bond acceptors (Lipinski definition) is 8. The molecule has 174 valence electrons. The zero-order valence-electron chi connectivity index (χ0n) is 19.0. The highest BCUT2D eigenvalue weighted by atomic mass is 32.1. The number of fused-ring (bicyclic) bond motifs is 1. The fourth-order valence-electron chi connectivity index (χ4n) is 3.20. The van der Waals surface area contributed by atoms with Crippen molar-refractivity contribution in [1.29, 1.82) is 0 Å². The van der Waals surface area contributed by atoms with Crippen molar-refractivity contribution in [2.75, 3.05) is 46.3 Å². The van der Waals surface area contributed by atoms with Crippen molar-refractivity contribution in [1.82, 2.24) is 9.88 Å². The molecular weight excluding hydrogens is 444 g/mol. The Morgan fingerprint density at radius 2 is 1.76 bits per heavy atom. The van der Waals surface area contributed by atoms with Gasteiger partial charge in [-0.15, -0.1) is 0 Å². The van der Waals surface area contributed by atoms with Gasteiger partial charge in [0.2, 0.25) is 0 Å². The van der Waals surface area contributed by atoms with E-state index in [-0.39, 0.29) is 11.6 Å². The first kappa shape index (κ1) is 24.1. The number of amides is 1. The first-order chi connectivity index (χ1) is 15.8. The van der Waals surface area contributed by atoms with Gasteiger partial charge in [-0.3, -0.25) is 19.8 Å². The van der Waals surface area contributed by atoms with Crippen LogP contribution in [0.3, 0.4) is 0 Å². The van der Waals surface area contributed by atoms with Crippen molar-refractivity contribution in [2.24, 2.45) is 0 Å². The lowest BCUT2D eigenvalue weighted by atomic mass is 10.2. The molecule has 1 heterocycles. The lowest BCUT2D eigenvalue weighted by Crippen LogP contribution is -2.32. The number of nitro benzene ring substituents is 1. The summed E-state index contributed by atoms with van der Waals surface area (Å²) in [6.45, 7) is 1.29. The fraction of sp³-hybridized carbons (Fsp3) is 0.304. The number of ether oxygens (including phenoxy) is 2. The van der Waals surface area contributed by atoms with Crippen molar-refractivity contribution < 1.29 is 19.2 Å². The van der Waals surface area contributed by atoms with Gasteiger partial charge >= 0.3 is 0 Å². The highest BCUT2D eigenvalue weighted by Gasteiger charge is 2.21. The number of hydrogen-bond donors (Lipinski definition) is 0. The molecule has 0 bridgehead atoms. The Labute approximate surface area is 196 Å². The number of nitro groups is 1. The molecule has 0 fully saturated rings. The summed E-state index contributed by atoms with van der Waals surface area (Å²) >= 11 is 1.37. The van der Waals surface area contributed by atoms with E-state index in [0.717, 1.165) is 17.7 Å². The van der Waals surface area contributed by atoms with Crippen LogP contribution in [0.2, 0.25) is 0 Å². The Morgan fingerprint density at radius 1 is 1.09 bits per heavy atom. The number of methoxy groups -OCH3 is 2. The summed E-state index contributed by atoms with van der Waals surface area (Å²) in [5.74, 6) is 1.04. The van der Waals surface area contributed by atoms with E-state index < -0.39 is 4.92 Å². The van der Waals surface area contributed by atoms with Crippen molar-refractivity contribution in [3.05, 3.63) is 58.2 Å². The second kappa shape index (κ2) is 10.9. The van der Waals surface area contributed by atoms with Gasteiger partial charge in [0.1, 0.15) is 21.7 Å². The predicted octanol–water partition coefficient (Wildman–Crippen LogP) is 4.22. The third-order valence-corrected chi connectivity index (χ3v) is 6.00. The van der Waals surface area contributed by atoms with Gasteiger partial charge in [0, 0.05) is 24.8 Å². The third-order valence-electron chi connectivity index (χ3n) is 4.91. The molecule has 2 aromatic carbocycles. The van der Waals surface area contributed by atoms with Gasteiger partial charge in [0.25, 0.3) is 11.6 Å². The molecule has 3 rings (SSSR count). The Balaban J connectivity index is 1.92. The lowest BCUT2D eigenvalue weighted by molar-refractivity contribution is -0.384. The highest BCUT2D eigenvalue weighted by molar-refractivity contribution is 7.22. The summed E-state index contributed by atoms with van der Waals surface area (Å²) in [5, 5.41) is 11.4. The minimum absolute atomic E-state index is 0.00107. The average Bonchev–Trinajstić information content (AvgIpc) is 3.24. The molecule has 0 atom stereocenters. The standard InChI is InChI=1S/C23H26N4O5S/c1-25(2)14-5-15-26(20(28)13-8-16-6-9-17(10-7-16)27(29)30)23-24-21-18(31-3)11-12-19(32-4)22(21)33-23/h6-13H,5,14-15H2,1-4H3. The topological polar surface area (TPSA) is 98.0 Å². The summed E-state index contributed by atoms with van der Waals surface area (Å²) < 4.78 is 11.7. The number of thiazole rings is 1. The van der Waals surface area contributed by atoms with E-state index in [1.165, 1.54) is 29.5 Å². The molecule has 0 aliphatic carbocycles. The molecule has 10 heteroatoms. The van der Waals surface area contributed by atoms with Gasteiger partial charge in [-0.2, -0.15) is 0 Å². The molecule has 0 N–H and O–H groups in total. The van der Waals surface area contributed by atoms with Crippen LogP contribution in [0.5, 0.6) is 11.5 Å². The Morgan fingerprint density at radius 3 is 2.36 bits per heavy atom. The van der Waals surface area contributed by atoms with Crippen LogP contribution in [-0.2, 0) is 4.79 Å². The SMILES string of the molecule is COc1ccc(OC)c2sc(N(CCCN(C)C)C(=O)C=Cc3ccc([N+](=O)[O-])cc3)nc12. The number of aromatic nitrogens is 1. The molecule has 9 nitrogen and oxygen atoms in total. The molecule has 0 aliphatic heterocycles. The van der Waals surface area contributed by atoms with Gasteiger partial charge in [0.05, 0.1) is 19.1 Å². The van der Waals surface area contributed by atoms with Crippen LogP contribution < -0.4 is 14.4 Å². The van der Waals surface area contributed by atoms with Gasteiger partial charge in [-0.05, 0) is 63.0 Å². The van der Waals surface area contributed by atoms with E-state index in [2.05, 4.69) is 4.90 Å². The summed E-state index contributed by atoms with van der Waals surface area (Å²) in [4.78, 5) is 31.9. The number of anilines is 1. The van der Waals surface area contributed by atoms with Crippen molar-refractivity contribution in [3.8, 4) is 11.5 Å². The third kappa shape index (κ3) is 5.85. The quantitative estimate of drug-likeness (QED) is 0.249. The molecule has 1 aromatic heterocycles. The summed E-state index contributed by atoms with van der Waals surface area (Å²) in [6, 6.07) is 9.63. The van der Waals surface area contributed by atoms with Crippen LogP contribution in [0.4, 0.5) is 10.8 Å². The average molecular weight is 471 g/mol. The Hall–Kier alpha value is -3.50. The summed E-state index contributed by atoms with van der Waals surface area (Å²) in [5.41, 5.74) is 1.33. The minimum Gasteiger partial charge on any atom is -0.495 e. The van der Waals surface area contributed by atoms with Gasteiger partial charge in [0.15, 0.2) is 5.13 Å². The van der Waals surface area contributed by atoms with E-state index in [1.807, 2.05) is 20.2 Å². The molecular formula is C23H26N4O5S. The molecule has 0 unspecified atom stereocenters. The summed E-state index contributed by atoms with van der Waals surface area (Å²) in [6.07, 6.45) is 3.85. The van der Waals surface area contributed by atoms with E-state index in [1.54, 1.807) is 43.4 Å². The zero-order chi connectivity index (χ0) is 24.0. The van der Waals surface area contributed by atoms with Crippen LogP contribution in [0.25, 0.3) is 16.3 Å². The molecule has 1 amide bonds. The Kier molecular flexibility index (Phi) is 7.96. The van der Waals surface area contributed by atoms with Crippen LogP contribution in [-0.4, -0.2) is 62.1 Å². The molecule has 33 heavy (non-hydrogen) atoms. The minimum atomic E-state index is -0.458. The molecule has 0 saturated carbocycles. The zero-order valence-corrected chi connectivity index (χ0v) is 19.8. The van der Waals surface area contributed by atoms with Crippen molar-refractivity contribution in [3.63, 3.8) is 0 Å². The molecule has 0 aliphatic rings. The maximum Gasteiger partial charge on any atom is 0.269 e. The maximum atomic E-state index is 13.2. The van der Waals surface area contributed by atoms with Gasteiger partial charge < -0.3 is 14.4 Å². The number of carbonyl (C=O) groups excluding carboxylic acids is 1.